The van der Waals surface area contributed by atoms with Gasteiger partial charge < -0.3 is 4.90 Å². The Labute approximate surface area is 72.0 Å². The van der Waals surface area contributed by atoms with E-state index in [2.05, 4.69) is 0 Å². The average molecular weight is 191 g/mol. The number of hydrogen-bond acceptors (Lipinski definition) is 1. The van der Waals surface area contributed by atoms with Crippen LogP contribution in [0.4, 0.5) is 0 Å². The van der Waals surface area contributed by atoms with E-state index in [0.717, 1.165) is 0 Å². The molecule has 0 spiro atoms. The van der Waals surface area contributed by atoms with Gasteiger partial charge in [0.15, 0.2) is 0 Å². The van der Waals surface area contributed by atoms with Gasteiger partial charge in [-0.2, -0.15) is 0 Å². The molecule has 0 N–H and O–H groups in total. The quantitative estimate of drug-likeness (QED) is 0.646. The fourth-order valence-electron chi connectivity index (χ4n) is 0.337. The van der Waals surface area contributed by atoms with Gasteiger partial charge in [-0.25, -0.2) is 0 Å². The summed E-state index contributed by atoms with van der Waals surface area (Å²) >= 11 is 10.8. The van der Waals surface area contributed by atoms with Crippen LogP contribution in [0.2, 0.25) is 0 Å². The van der Waals surface area contributed by atoms with Crippen LogP contribution in [0.15, 0.2) is 10.6 Å². The predicted molar refractivity (Wildman–Crippen MR) is 45.6 cm³/mol. The van der Waals surface area contributed by atoms with Crippen molar-refractivity contribution < 1.29 is 0 Å². The maximum absolute atomic E-state index is 5.55. The smallest absolute Gasteiger partial charge is 0.0433 e. The standard InChI is InChI=1S/C5H9Cl2N.ClH/c1-8(2)4-5(7)3-6;/h3H,4H2,1-2H3;1H. The van der Waals surface area contributed by atoms with Gasteiger partial charge in [-0.05, 0) is 14.1 Å². The number of hydrogen-bond donors (Lipinski definition) is 0. The van der Waals surface area contributed by atoms with E-state index in [0.29, 0.717) is 11.6 Å². The second kappa shape index (κ2) is 6.69. The molecule has 0 radical (unpaired) electrons. The van der Waals surface area contributed by atoms with E-state index < -0.39 is 0 Å². The summed E-state index contributed by atoms with van der Waals surface area (Å²) in [7, 11) is 3.87. The molecule has 0 unspecified atom stereocenters. The lowest BCUT2D eigenvalue weighted by molar-refractivity contribution is 0.453. The van der Waals surface area contributed by atoms with Crippen LogP contribution in [0.5, 0.6) is 0 Å². The van der Waals surface area contributed by atoms with Gasteiger partial charge in [-0.15, -0.1) is 12.4 Å². The molecule has 0 saturated carbocycles. The molecule has 0 atom stereocenters. The van der Waals surface area contributed by atoms with Crippen molar-refractivity contribution in [2.24, 2.45) is 0 Å². The summed E-state index contributed by atoms with van der Waals surface area (Å²) in [5.74, 6) is 0. The van der Waals surface area contributed by atoms with E-state index >= 15 is 0 Å². The van der Waals surface area contributed by atoms with E-state index in [1.165, 1.54) is 5.54 Å². The molecule has 0 amide bonds. The van der Waals surface area contributed by atoms with E-state index in [1.54, 1.807) is 0 Å². The van der Waals surface area contributed by atoms with Crippen molar-refractivity contribution in [2.45, 2.75) is 0 Å². The maximum Gasteiger partial charge on any atom is 0.0433 e. The molecule has 1 nitrogen and oxygen atoms in total. The number of likely N-dealkylation sites (N-methyl/N-ethyl adjacent to an activating group) is 1. The third-order valence-corrected chi connectivity index (χ3v) is 1.19. The van der Waals surface area contributed by atoms with Crippen LogP contribution in [0.25, 0.3) is 0 Å². The fraction of sp³-hybridized carbons (Fsp3) is 0.600. The SMILES string of the molecule is CN(C)CC(Cl)=CCl.Cl. The Hall–Kier alpha value is 0.570. The summed E-state index contributed by atoms with van der Waals surface area (Å²) in [6.45, 7) is 0.713. The third kappa shape index (κ3) is 8.57. The zero-order valence-corrected chi connectivity index (χ0v) is 7.72. The van der Waals surface area contributed by atoms with Gasteiger partial charge in [0.1, 0.15) is 0 Å². The summed E-state index contributed by atoms with van der Waals surface area (Å²) in [5.41, 5.74) is 1.38. The summed E-state index contributed by atoms with van der Waals surface area (Å²) in [6, 6.07) is 0. The Morgan fingerprint density at radius 2 is 2.00 bits per heavy atom. The topological polar surface area (TPSA) is 3.24 Å². The summed E-state index contributed by atoms with van der Waals surface area (Å²) in [4.78, 5) is 1.95. The minimum atomic E-state index is 0. The first-order valence-electron chi connectivity index (χ1n) is 2.26. The second-order valence-electron chi connectivity index (χ2n) is 1.79. The zero-order chi connectivity index (χ0) is 6.57. The molecule has 9 heavy (non-hydrogen) atoms. The largest absolute Gasteiger partial charge is 0.304 e. The van der Waals surface area contributed by atoms with E-state index in [9.17, 15) is 0 Å². The first-order valence-corrected chi connectivity index (χ1v) is 3.07. The number of rotatable bonds is 2. The number of nitrogens with zero attached hydrogens (tertiary/aromatic N) is 1. The van der Waals surface area contributed by atoms with Gasteiger partial charge in [0.2, 0.25) is 0 Å². The Balaban J connectivity index is 0. The minimum Gasteiger partial charge on any atom is -0.304 e. The van der Waals surface area contributed by atoms with Crippen LogP contribution in [0.1, 0.15) is 0 Å². The lowest BCUT2D eigenvalue weighted by Crippen LogP contribution is -2.12. The van der Waals surface area contributed by atoms with Gasteiger partial charge in [-0.3, -0.25) is 0 Å². The molecule has 0 aliphatic carbocycles. The van der Waals surface area contributed by atoms with Crippen LogP contribution >= 0.6 is 35.6 Å². The van der Waals surface area contributed by atoms with Crippen molar-refractivity contribution in [3.63, 3.8) is 0 Å². The van der Waals surface area contributed by atoms with Gasteiger partial charge in [-0.1, -0.05) is 23.2 Å². The van der Waals surface area contributed by atoms with Crippen LogP contribution in [-0.4, -0.2) is 25.5 Å². The van der Waals surface area contributed by atoms with Crippen LogP contribution in [0, 0.1) is 0 Å². The van der Waals surface area contributed by atoms with Crippen molar-refractivity contribution in [3.8, 4) is 0 Å². The molecule has 0 aromatic heterocycles. The summed E-state index contributed by atoms with van der Waals surface area (Å²) < 4.78 is 0. The highest BCUT2D eigenvalue weighted by Gasteiger charge is 1.91. The van der Waals surface area contributed by atoms with Crippen LogP contribution < -0.4 is 0 Å². The molecule has 0 aromatic rings. The first kappa shape index (κ1) is 12.3. The van der Waals surface area contributed by atoms with Gasteiger partial charge in [0, 0.05) is 17.1 Å². The minimum absolute atomic E-state index is 0. The Kier molecular flexibility index (Phi) is 9.11. The molecule has 0 saturated heterocycles. The van der Waals surface area contributed by atoms with Gasteiger partial charge in [0.05, 0.1) is 0 Å². The van der Waals surface area contributed by atoms with Crippen molar-refractivity contribution >= 4 is 35.6 Å². The molecule has 56 valence electrons. The van der Waals surface area contributed by atoms with Crippen molar-refractivity contribution in [1.82, 2.24) is 4.90 Å². The zero-order valence-electron chi connectivity index (χ0n) is 5.40. The summed E-state index contributed by atoms with van der Waals surface area (Å²) in [6.07, 6.45) is 0. The molecule has 0 aliphatic heterocycles. The third-order valence-electron chi connectivity index (χ3n) is 0.586. The van der Waals surface area contributed by atoms with E-state index in [-0.39, 0.29) is 12.4 Å². The fourth-order valence-corrected chi connectivity index (χ4v) is 0.645. The lowest BCUT2D eigenvalue weighted by Gasteiger charge is -2.05. The molecule has 0 fully saturated rings. The molecule has 0 heterocycles. The van der Waals surface area contributed by atoms with Crippen LogP contribution in [-0.2, 0) is 0 Å². The highest BCUT2D eigenvalue weighted by atomic mass is 35.5. The molecular formula is C5H10Cl3N. The van der Waals surface area contributed by atoms with Gasteiger partial charge >= 0.3 is 0 Å². The normalized spacial score (nSPS) is 11.4. The van der Waals surface area contributed by atoms with E-state index in [4.69, 9.17) is 23.2 Å². The first-order chi connectivity index (χ1) is 3.66. The number of halogens is 3. The Bertz CT molecular complexity index is 90.2. The monoisotopic (exact) mass is 189 g/mol. The predicted octanol–water partition coefficient (Wildman–Crippen LogP) is 2.29. The van der Waals surface area contributed by atoms with Crippen molar-refractivity contribution in [1.29, 1.82) is 0 Å². The molecule has 0 bridgehead atoms. The Morgan fingerprint density at radius 1 is 1.56 bits per heavy atom. The molecule has 4 heteroatoms. The Morgan fingerprint density at radius 3 is 2.11 bits per heavy atom. The average Bonchev–Trinajstić information content (AvgIpc) is 1.65. The van der Waals surface area contributed by atoms with Crippen molar-refractivity contribution in [2.75, 3.05) is 20.6 Å². The second-order valence-corrected chi connectivity index (χ2v) is 2.50. The van der Waals surface area contributed by atoms with E-state index in [1.807, 2.05) is 19.0 Å². The van der Waals surface area contributed by atoms with Crippen molar-refractivity contribution in [3.05, 3.63) is 10.6 Å². The summed E-state index contributed by atoms with van der Waals surface area (Å²) in [5, 5.41) is 0.664. The highest BCUT2D eigenvalue weighted by molar-refractivity contribution is 6.36. The highest BCUT2D eigenvalue weighted by Crippen LogP contribution is 2.02. The molecular weight excluding hydrogens is 180 g/mol. The molecule has 0 aromatic carbocycles. The maximum atomic E-state index is 5.55. The molecule has 0 aliphatic rings. The van der Waals surface area contributed by atoms with Crippen LogP contribution in [0.3, 0.4) is 0 Å². The van der Waals surface area contributed by atoms with Gasteiger partial charge in [0.25, 0.3) is 0 Å². The molecule has 0 rings (SSSR count). The lowest BCUT2D eigenvalue weighted by atomic mass is 10.6.